The van der Waals surface area contributed by atoms with E-state index in [1.54, 1.807) is 6.07 Å². The van der Waals surface area contributed by atoms with Gasteiger partial charge in [-0.25, -0.2) is 0 Å². The van der Waals surface area contributed by atoms with Crippen LogP contribution in [-0.2, 0) is 6.61 Å². The van der Waals surface area contributed by atoms with Crippen LogP contribution in [0, 0.1) is 0 Å². The summed E-state index contributed by atoms with van der Waals surface area (Å²) in [6.07, 6.45) is 0. The molecule has 0 aliphatic carbocycles. The lowest BCUT2D eigenvalue weighted by Gasteiger charge is -2.09. The van der Waals surface area contributed by atoms with Crippen molar-refractivity contribution >= 4 is 38.3 Å². The lowest BCUT2D eigenvalue weighted by atomic mass is 10.0. The van der Waals surface area contributed by atoms with Crippen LogP contribution in [-0.4, -0.2) is 11.0 Å². The first-order valence-corrected chi connectivity index (χ1v) is 9.23. The highest BCUT2D eigenvalue weighted by Gasteiger charge is 2.12. The molecule has 4 nitrogen and oxygen atoms in total. The lowest BCUT2D eigenvalue weighted by Crippen LogP contribution is -2.12. The molecule has 134 valence electrons. The van der Waals surface area contributed by atoms with E-state index in [2.05, 4.69) is 21.2 Å². The Kier molecular flexibility index (Phi) is 4.79. The summed E-state index contributed by atoms with van der Waals surface area (Å²) >= 11 is 3.53. The maximum absolute atomic E-state index is 12.8. The average molecular weight is 422 g/mol. The summed E-state index contributed by atoms with van der Waals surface area (Å²) in [5.41, 5.74) is 2.20. The summed E-state index contributed by atoms with van der Waals surface area (Å²) in [4.78, 5) is 12.8. The first-order valence-electron chi connectivity index (χ1n) is 8.44. The number of aliphatic hydroxyl groups excluding tert-OH is 1. The topological polar surface area (TPSA) is 62.5 Å². The number of hydrogen-bond acceptors (Lipinski definition) is 3. The minimum absolute atomic E-state index is 0.130. The van der Waals surface area contributed by atoms with Gasteiger partial charge in [0.05, 0.1) is 0 Å². The van der Waals surface area contributed by atoms with Gasteiger partial charge in [-0.15, -0.1) is 0 Å². The first-order chi connectivity index (χ1) is 13.2. The fourth-order valence-electron chi connectivity index (χ4n) is 3.00. The van der Waals surface area contributed by atoms with Gasteiger partial charge in [-0.1, -0.05) is 40.2 Å². The molecule has 0 unspecified atom stereocenters. The number of benzene rings is 3. The number of nitrogens with one attached hydrogen (secondary N) is 1. The maximum atomic E-state index is 12.8. The molecule has 0 spiro atoms. The van der Waals surface area contributed by atoms with Gasteiger partial charge in [0.1, 0.15) is 18.1 Å². The predicted octanol–water partition coefficient (Wildman–Crippen LogP) is 5.61. The standard InChI is InChI=1S/C22H16BrNO3/c23-20-6-2-3-17-18(20)4-1-5-19(17)22(26)24-15-9-7-14(8-10-15)21-12-11-16(13-25)27-21/h1-12,25H,13H2,(H,24,26). The van der Waals surface area contributed by atoms with Crippen LogP contribution in [0.2, 0.25) is 0 Å². The van der Waals surface area contributed by atoms with Crippen molar-refractivity contribution in [2.45, 2.75) is 6.61 Å². The van der Waals surface area contributed by atoms with E-state index in [0.29, 0.717) is 22.8 Å². The molecule has 0 aliphatic heterocycles. The summed E-state index contributed by atoms with van der Waals surface area (Å²) in [6.45, 7) is -0.130. The van der Waals surface area contributed by atoms with E-state index >= 15 is 0 Å². The van der Waals surface area contributed by atoms with Crippen molar-refractivity contribution < 1.29 is 14.3 Å². The smallest absolute Gasteiger partial charge is 0.256 e. The van der Waals surface area contributed by atoms with Crippen molar-refractivity contribution in [1.82, 2.24) is 0 Å². The number of furan rings is 1. The second-order valence-electron chi connectivity index (χ2n) is 6.10. The second kappa shape index (κ2) is 7.39. The van der Waals surface area contributed by atoms with Gasteiger partial charge in [0, 0.05) is 21.3 Å². The average Bonchev–Trinajstić information content (AvgIpc) is 3.18. The fourth-order valence-corrected chi connectivity index (χ4v) is 3.50. The number of amides is 1. The Bertz CT molecular complexity index is 1120. The van der Waals surface area contributed by atoms with Gasteiger partial charge >= 0.3 is 0 Å². The zero-order chi connectivity index (χ0) is 18.8. The highest BCUT2D eigenvalue weighted by molar-refractivity contribution is 9.10. The number of anilines is 1. The number of fused-ring (bicyclic) bond motifs is 1. The van der Waals surface area contributed by atoms with Gasteiger partial charge in [-0.3, -0.25) is 4.79 Å². The molecule has 27 heavy (non-hydrogen) atoms. The Morgan fingerprint density at radius 2 is 1.67 bits per heavy atom. The van der Waals surface area contributed by atoms with Crippen molar-refractivity contribution in [3.63, 3.8) is 0 Å². The number of hydrogen-bond donors (Lipinski definition) is 2. The van der Waals surface area contributed by atoms with Crippen LogP contribution in [0.5, 0.6) is 0 Å². The number of carbonyl (C=O) groups excluding carboxylic acids is 1. The molecule has 1 amide bonds. The molecule has 1 aromatic heterocycles. The highest BCUT2D eigenvalue weighted by Crippen LogP contribution is 2.28. The third kappa shape index (κ3) is 3.52. The van der Waals surface area contributed by atoms with Crippen molar-refractivity contribution in [2.24, 2.45) is 0 Å². The van der Waals surface area contributed by atoms with Gasteiger partial charge in [-0.2, -0.15) is 0 Å². The van der Waals surface area contributed by atoms with Crippen LogP contribution < -0.4 is 5.32 Å². The van der Waals surface area contributed by atoms with Crippen molar-refractivity contribution in [1.29, 1.82) is 0 Å². The van der Waals surface area contributed by atoms with E-state index < -0.39 is 0 Å². The van der Waals surface area contributed by atoms with Gasteiger partial charge in [0.2, 0.25) is 0 Å². The molecule has 5 heteroatoms. The monoisotopic (exact) mass is 421 g/mol. The van der Waals surface area contributed by atoms with Crippen LogP contribution in [0.3, 0.4) is 0 Å². The van der Waals surface area contributed by atoms with Crippen LogP contribution in [0.4, 0.5) is 5.69 Å². The van der Waals surface area contributed by atoms with Crippen LogP contribution >= 0.6 is 15.9 Å². The molecular weight excluding hydrogens is 406 g/mol. The van der Waals surface area contributed by atoms with E-state index in [1.165, 1.54) is 0 Å². The van der Waals surface area contributed by atoms with Crippen LogP contribution in [0.1, 0.15) is 16.1 Å². The summed E-state index contributed by atoms with van der Waals surface area (Å²) in [5.74, 6) is 1.03. The van der Waals surface area contributed by atoms with Gasteiger partial charge in [0.15, 0.2) is 0 Å². The Hall–Kier alpha value is -2.89. The first kappa shape index (κ1) is 17.5. The minimum atomic E-state index is -0.160. The third-order valence-corrected chi connectivity index (χ3v) is 5.05. The Morgan fingerprint density at radius 3 is 2.41 bits per heavy atom. The molecule has 0 atom stereocenters. The second-order valence-corrected chi connectivity index (χ2v) is 6.95. The molecule has 4 aromatic rings. The SMILES string of the molecule is O=C(Nc1ccc(-c2ccc(CO)o2)cc1)c1cccc2c(Br)cccc12. The quantitative estimate of drug-likeness (QED) is 0.450. The predicted molar refractivity (Wildman–Crippen MR) is 110 cm³/mol. The van der Waals surface area contributed by atoms with E-state index in [1.807, 2.05) is 66.7 Å². The minimum Gasteiger partial charge on any atom is -0.459 e. The van der Waals surface area contributed by atoms with Crippen molar-refractivity contribution in [3.8, 4) is 11.3 Å². The summed E-state index contributed by atoms with van der Waals surface area (Å²) in [7, 11) is 0. The van der Waals surface area contributed by atoms with Crippen LogP contribution in [0.25, 0.3) is 22.1 Å². The van der Waals surface area contributed by atoms with Crippen LogP contribution in [0.15, 0.2) is 81.7 Å². The largest absolute Gasteiger partial charge is 0.459 e. The Morgan fingerprint density at radius 1 is 0.926 bits per heavy atom. The highest BCUT2D eigenvalue weighted by atomic mass is 79.9. The molecule has 0 fully saturated rings. The molecule has 0 radical (unpaired) electrons. The molecular formula is C22H16BrNO3. The molecule has 0 aliphatic rings. The number of rotatable bonds is 4. The zero-order valence-corrected chi connectivity index (χ0v) is 15.9. The maximum Gasteiger partial charge on any atom is 0.256 e. The zero-order valence-electron chi connectivity index (χ0n) is 14.3. The molecule has 2 N–H and O–H groups in total. The summed E-state index contributed by atoms with van der Waals surface area (Å²) in [6, 6.07) is 22.4. The molecule has 3 aromatic carbocycles. The van der Waals surface area contributed by atoms with Gasteiger partial charge in [0.25, 0.3) is 5.91 Å². The summed E-state index contributed by atoms with van der Waals surface area (Å²) in [5, 5.41) is 13.9. The van der Waals surface area contributed by atoms with E-state index in [0.717, 1.165) is 20.8 Å². The van der Waals surface area contributed by atoms with E-state index in [4.69, 9.17) is 9.52 Å². The molecule has 4 rings (SSSR count). The Labute approximate surface area is 164 Å². The lowest BCUT2D eigenvalue weighted by molar-refractivity contribution is 0.102. The van der Waals surface area contributed by atoms with Gasteiger partial charge < -0.3 is 14.8 Å². The number of halogens is 1. The molecule has 0 saturated heterocycles. The number of carbonyl (C=O) groups is 1. The number of aliphatic hydroxyl groups is 1. The van der Waals surface area contributed by atoms with Crippen molar-refractivity contribution in [3.05, 3.63) is 88.6 Å². The van der Waals surface area contributed by atoms with E-state index in [-0.39, 0.29) is 12.5 Å². The summed E-state index contributed by atoms with van der Waals surface area (Å²) < 4.78 is 6.48. The van der Waals surface area contributed by atoms with E-state index in [9.17, 15) is 4.79 Å². The fraction of sp³-hybridized carbons (Fsp3) is 0.0455. The molecule has 0 saturated carbocycles. The normalized spacial score (nSPS) is 10.9. The molecule has 0 bridgehead atoms. The Balaban J connectivity index is 1.57. The molecule has 1 heterocycles. The van der Waals surface area contributed by atoms with Crippen molar-refractivity contribution in [2.75, 3.05) is 5.32 Å². The van der Waals surface area contributed by atoms with Gasteiger partial charge in [-0.05, 0) is 59.3 Å². The third-order valence-electron chi connectivity index (χ3n) is 4.36.